The van der Waals surface area contributed by atoms with Crippen LogP contribution in [-0.4, -0.2) is 39.3 Å². The average Bonchev–Trinajstić information content (AvgIpc) is 2.69. The second-order valence-electron chi connectivity index (χ2n) is 6.21. The minimum Gasteiger partial charge on any atom is -0.378 e. The molecule has 132 valence electrons. The van der Waals surface area contributed by atoms with E-state index in [1.165, 1.54) is 0 Å². The first kappa shape index (κ1) is 17.5. The first-order valence-electron chi connectivity index (χ1n) is 8.48. The summed E-state index contributed by atoms with van der Waals surface area (Å²) >= 11 is 0. The Morgan fingerprint density at radius 1 is 1.12 bits per heavy atom. The molecule has 1 aliphatic heterocycles. The molecule has 0 bridgehead atoms. The number of rotatable bonds is 5. The highest BCUT2D eigenvalue weighted by Gasteiger charge is 2.35. The minimum atomic E-state index is -1.05. The van der Waals surface area contributed by atoms with E-state index in [9.17, 15) is 4.79 Å². The van der Waals surface area contributed by atoms with Crippen molar-refractivity contribution in [3.63, 3.8) is 0 Å². The fourth-order valence-electron chi connectivity index (χ4n) is 2.95. The Morgan fingerprint density at radius 3 is 2.52 bits per heavy atom. The number of anilines is 2. The van der Waals surface area contributed by atoms with Gasteiger partial charge in [0.2, 0.25) is 0 Å². The molecule has 1 saturated heterocycles. The number of ether oxygens (including phenoxy) is 2. The normalized spacial score (nSPS) is 17.0. The SMILES string of the molecule is CO[C@](C)(C(=O)Nc1cccc(N2CCOCC2)c1)c1ccccc1. The van der Waals surface area contributed by atoms with Gasteiger partial charge in [-0.3, -0.25) is 4.79 Å². The second-order valence-corrected chi connectivity index (χ2v) is 6.21. The molecule has 1 aliphatic rings. The number of carbonyl (C=O) groups excluding carboxylic acids is 1. The summed E-state index contributed by atoms with van der Waals surface area (Å²) < 4.78 is 11.0. The number of carbonyl (C=O) groups is 1. The molecule has 5 nitrogen and oxygen atoms in total. The van der Waals surface area contributed by atoms with E-state index in [1.54, 1.807) is 14.0 Å². The van der Waals surface area contributed by atoms with E-state index in [1.807, 2.05) is 54.6 Å². The molecule has 5 heteroatoms. The predicted molar refractivity (Wildman–Crippen MR) is 98.9 cm³/mol. The van der Waals surface area contributed by atoms with Gasteiger partial charge in [-0.1, -0.05) is 36.4 Å². The van der Waals surface area contributed by atoms with Crippen LogP contribution < -0.4 is 10.2 Å². The van der Waals surface area contributed by atoms with Crippen molar-refractivity contribution in [3.8, 4) is 0 Å². The van der Waals surface area contributed by atoms with Gasteiger partial charge in [-0.15, -0.1) is 0 Å². The number of amides is 1. The molecule has 2 aromatic rings. The summed E-state index contributed by atoms with van der Waals surface area (Å²) in [6, 6.07) is 17.4. The molecule has 1 amide bonds. The van der Waals surface area contributed by atoms with Gasteiger partial charge in [0.05, 0.1) is 13.2 Å². The lowest BCUT2D eigenvalue weighted by molar-refractivity contribution is -0.136. The summed E-state index contributed by atoms with van der Waals surface area (Å²) in [6.45, 7) is 4.95. The fourth-order valence-corrected chi connectivity index (χ4v) is 2.95. The van der Waals surface area contributed by atoms with E-state index >= 15 is 0 Å². The third-order valence-electron chi connectivity index (χ3n) is 4.65. The number of hydrogen-bond donors (Lipinski definition) is 1. The molecule has 1 heterocycles. The molecule has 0 unspecified atom stereocenters. The Morgan fingerprint density at radius 2 is 1.84 bits per heavy atom. The molecule has 25 heavy (non-hydrogen) atoms. The summed E-state index contributed by atoms with van der Waals surface area (Å²) in [7, 11) is 1.55. The Labute approximate surface area is 148 Å². The van der Waals surface area contributed by atoms with Crippen LogP contribution in [0.2, 0.25) is 0 Å². The van der Waals surface area contributed by atoms with E-state index in [4.69, 9.17) is 9.47 Å². The van der Waals surface area contributed by atoms with Crippen molar-refractivity contribution in [2.75, 3.05) is 43.6 Å². The van der Waals surface area contributed by atoms with Gasteiger partial charge in [0.25, 0.3) is 5.91 Å². The fraction of sp³-hybridized carbons (Fsp3) is 0.350. The number of hydrogen-bond acceptors (Lipinski definition) is 4. The molecular weight excluding hydrogens is 316 g/mol. The zero-order valence-corrected chi connectivity index (χ0v) is 14.7. The van der Waals surface area contributed by atoms with Gasteiger partial charge >= 0.3 is 0 Å². The lowest BCUT2D eigenvalue weighted by Crippen LogP contribution is -2.39. The summed E-state index contributed by atoms with van der Waals surface area (Å²) in [4.78, 5) is 15.1. The van der Waals surface area contributed by atoms with Crippen molar-refractivity contribution in [2.24, 2.45) is 0 Å². The summed E-state index contributed by atoms with van der Waals surface area (Å²) in [5.74, 6) is -0.194. The third-order valence-corrected chi connectivity index (χ3v) is 4.65. The van der Waals surface area contributed by atoms with Crippen LogP contribution in [0.4, 0.5) is 11.4 Å². The van der Waals surface area contributed by atoms with E-state index < -0.39 is 5.60 Å². The maximum absolute atomic E-state index is 12.9. The molecule has 0 aliphatic carbocycles. The van der Waals surface area contributed by atoms with Crippen LogP contribution in [0, 0.1) is 0 Å². The molecule has 1 atom stereocenters. The van der Waals surface area contributed by atoms with Crippen molar-refractivity contribution in [1.29, 1.82) is 0 Å². The largest absolute Gasteiger partial charge is 0.378 e. The number of nitrogens with zero attached hydrogens (tertiary/aromatic N) is 1. The Bertz CT molecular complexity index is 714. The van der Waals surface area contributed by atoms with Crippen LogP contribution in [0.25, 0.3) is 0 Å². The second kappa shape index (κ2) is 7.68. The van der Waals surface area contributed by atoms with Crippen molar-refractivity contribution in [3.05, 3.63) is 60.2 Å². The van der Waals surface area contributed by atoms with E-state index in [2.05, 4.69) is 10.2 Å². The zero-order chi connectivity index (χ0) is 17.7. The third kappa shape index (κ3) is 3.83. The van der Waals surface area contributed by atoms with Crippen LogP contribution in [0.3, 0.4) is 0 Å². The van der Waals surface area contributed by atoms with Crippen LogP contribution in [0.1, 0.15) is 12.5 Å². The van der Waals surface area contributed by atoms with E-state index in [0.29, 0.717) is 0 Å². The Hall–Kier alpha value is -2.37. The molecule has 2 aromatic carbocycles. The van der Waals surface area contributed by atoms with Crippen molar-refractivity contribution in [2.45, 2.75) is 12.5 Å². The van der Waals surface area contributed by atoms with E-state index in [0.717, 1.165) is 43.2 Å². The zero-order valence-electron chi connectivity index (χ0n) is 14.7. The molecule has 1 fully saturated rings. The van der Waals surface area contributed by atoms with Gasteiger partial charge in [-0.25, -0.2) is 0 Å². The maximum atomic E-state index is 12.9. The monoisotopic (exact) mass is 340 g/mol. The topological polar surface area (TPSA) is 50.8 Å². The molecule has 0 aromatic heterocycles. The van der Waals surface area contributed by atoms with Gasteiger partial charge in [0.15, 0.2) is 5.60 Å². The molecular formula is C20H24N2O3. The number of methoxy groups -OCH3 is 1. The molecule has 0 radical (unpaired) electrons. The summed E-state index contributed by atoms with van der Waals surface area (Å²) in [5.41, 5.74) is 1.61. The maximum Gasteiger partial charge on any atom is 0.260 e. The average molecular weight is 340 g/mol. The van der Waals surface area contributed by atoms with Gasteiger partial charge in [-0.05, 0) is 30.7 Å². The smallest absolute Gasteiger partial charge is 0.260 e. The van der Waals surface area contributed by atoms with Gasteiger partial charge in [-0.2, -0.15) is 0 Å². The van der Waals surface area contributed by atoms with Crippen molar-refractivity contribution in [1.82, 2.24) is 0 Å². The molecule has 0 spiro atoms. The van der Waals surface area contributed by atoms with Crippen LogP contribution >= 0.6 is 0 Å². The standard InChI is InChI=1S/C20H24N2O3/c1-20(24-2,16-7-4-3-5-8-16)19(23)21-17-9-6-10-18(15-17)22-11-13-25-14-12-22/h3-10,15H,11-14H2,1-2H3,(H,21,23)/t20-/m0/s1. The predicted octanol–water partition coefficient (Wildman–Crippen LogP) is 3.02. The summed E-state index contributed by atoms with van der Waals surface area (Å²) in [5, 5.41) is 2.99. The highest BCUT2D eigenvalue weighted by Crippen LogP contribution is 2.27. The highest BCUT2D eigenvalue weighted by atomic mass is 16.5. The molecule has 0 saturated carbocycles. The number of morpholine rings is 1. The lowest BCUT2D eigenvalue weighted by atomic mass is 9.94. The number of nitrogens with one attached hydrogen (secondary N) is 1. The molecule has 3 rings (SSSR count). The van der Waals surface area contributed by atoms with Gasteiger partial charge < -0.3 is 19.7 Å². The van der Waals surface area contributed by atoms with Crippen LogP contribution in [0.15, 0.2) is 54.6 Å². The molecule has 1 N–H and O–H groups in total. The van der Waals surface area contributed by atoms with E-state index in [-0.39, 0.29) is 5.91 Å². The first-order valence-corrected chi connectivity index (χ1v) is 8.48. The first-order chi connectivity index (χ1) is 12.1. The van der Waals surface area contributed by atoms with Crippen LogP contribution in [0.5, 0.6) is 0 Å². The Balaban J connectivity index is 1.78. The quantitative estimate of drug-likeness (QED) is 0.909. The number of benzene rings is 2. The van der Waals surface area contributed by atoms with Crippen molar-refractivity contribution >= 4 is 17.3 Å². The minimum absolute atomic E-state index is 0.194. The van der Waals surface area contributed by atoms with Crippen LogP contribution in [-0.2, 0) is 19.9 Å². The van der Waals surface area contributed by atoms with Gasteiger partial charge in [0.1, 0.15) is 0 Å². The summed E-state index contributed by atoms with van der Waals surface area (Å²) in [6.07, 6.45) is 0. The highest BCUT2D eigenvalue weighted by molar-refractivity contribution is 5.98. The lowest BCUT2D eigenvalue weighted by Gasteiger charge is -2.30. The van der Waals surface area contributed by atoms with Gasteiger partial charge in [0, 0.05) is 31.6 Å². The van der Waals surface area contributed by atoms with Crippen molar-refractivity contribution < 1.29 is 14.3 Å². The Kier molecular flexibility index (Phi) is 5.36.